The Morgan fingerprint density at radius 3 is 2.46 bits per heavy atom. The minimum atomic E-state index is -2.66. The molecule has 0 spiro atoms. The molecule has 0 saturated carbocycles. The first-order chi connectivity index (χ1) is 12.5. The third-order valence-corrected chi connectivity index (χ3v) is 4.09. The number of nitrogens with one attached hydrogen (secondary N) is 1. The highest BCUT2D eigenvalue weighted by Crippen LogP contribution is 2.28. The minimum absolute atomic E-state index is 0.000699. The summed E-state index contributed by atoms with van der Waals surface area (Å²) < 4.78 is 35.0. The van der Waals surface area contributed by atoms with Gasteiger partial charge in [0, 0.05) is 11.4 Å². The fourth-order valence-corrected chi connectivity index (χ4v) is 2.67. The number of carbonyl (C=O) groups excluding carboxylic acids is 2. The topological polar surface area (TPSA) is 64.6 Å². The van der Waals surface area contributed by atoms with E-state index in [1.54, 1.807) is 37.4 Å². The van der Waals surface area contributed by atoms with Crippen LogP contribution < -0.4 is 10.1 Å². The number of rotatable bonds is 8. The van der Waals surface area contributed by atoms with Gasteiger partial charge in [0.25, 0.3) is 11.7 Å². The molecule has 1 amide bonds. The van der Waals surface area contributed by atoms with Crippen LogP contribution in [0.3, 0.4) is 0 Å². The van der Waals surface area contributed by atoms with Gasteiger partial charge in [-0.05, 0) is 29.8 Å². The maximum absolute atomic E-state index is 12.5. The maximum atomic E-state index is 12.5. The standard InChI is InChI=1S/C18H17F2NO4S/c1-24-13-8-6-12(7-9-13)10-21-16(22)11-25-17(23)14-4-2-3-5-15(14)26-18(19)20/h2-9,18H,10-11H2,1H3,(H,21,22). The molecule has 0 unspecified atom stereocenters. The number of hydrogen-bond acceptors (Lipinski definition) is 5. The first-order valence-corrected chi connectivity index (χ1v) is 8.48. The van der Waals surface area contributed by atoms with Gasteiger partial charge in [0.05, 0.1) is 12.7 Å². The predicted molar refractivity (Wildman–Crippen MR) is 93.4 cm³/mol. The molecule has 2 aromatic carbocycles. The van der Waals surface area contributed by atoms with Gasteiger partial charge in [0.1, 0.15) is 5.75 Å². The SMILES string of the molecule is COc1ccc(CNC(=O)COC(=O)c2ccccc2SC(F)F)cc1. The monoisotopic (exact) mass is 381 g/mol. The van der Waals surface area contributed by atoms with Gasteiger partial charge in [0.15, 0.2) is 6.61 Å². The Labute approximate surface area is 153 Å². The Morgan fingerprint density at radius 1 is 1.12 bits per heavy atom. The number of ether oxygens (including phenoxy) is 2. The molecule has 5 nitrogen and oxygen atoms in total. The number of thioether (sulfide) groups is 1. The molecule has 8 heteroatoms. The van der Waals surface area contributed by atoms with Crippen molar-refractivity contribution >= 4 is 23.6 Å². The summed E-state index contributed by atoms with van der Waals surface area (Å²) in [7, 11) is 1.56. The Kier molecular flexibility index (Phi) is 7.40. The summed E-state index contributed by atoms with van der Waals surface area (Å²) in [6.07, 6.45) is 0. The normalized spacial score (nSPS) is 10.5. The Balaban J connectivity index is 1.84. The van der Waals surface area contributed by atoms with E-state index in [9.17, 15) is 18.4 Å². The predicted octanol–water partition coefficient (Wildman–Crippen LogP) is 3.48. The van der Waals surface area contributed by atoms with Crippen molar-refractivity contribution in [2.75, 3.05) is 13.7 Å². The zero-order chi connectivity index (χ0) is 18.9. The number of hydrogen-bond donors (Lipinski definition) is 1. The van der Waals surface area contributed by atoms with Gasteiger partial charge in [-0.3, -0.25) is 4.79 Å². The molecule has 0 fully saturated rings. The summed E-state index contributed by atoms with van der Waals surface area (Å²) in [5.41, 5.74) is 0.852. The summed E-state index contributed by atoms with van der Waals surface area (Å²) in [6, 6.07) is 13.0. The highest BCUT2D eigenvalue weighted by atomic mass is 32.2. The highest BCUT2D eigenvalue weighted by molar-refractivity contribution is 7.99. The van der Waals surface area contributed by atoms with Crippen molar-refractivity contribution in [1.29, 1.82) is 0 Å². The quantitative estimate of drug-likeness (QED) is 0.560. The zero-order valence-corrected chi connectivity index (χ0v) is 14.7. The molecule has 0 bridgehead atoms. The van der Waals surface area contributed by atoms with E-state index in [2.05, 4.69) is 5.32 Å². The molecular weight excluding hydrogens is 364 g/mol. The van der Waals surface area contributed by atoms with Crippen LogP contribution in [0.2, 0.25) is 0 Å². The smallest absolute Gasteiger partial charge is 0.339 e. The lowest BCUT2D eigenvalue weighted by atomic mass is 10.2. The van der Waals surface area contributed by atoms with Gasteiger partial charge in [-0.1, -0.05) is 36.0 Å². The molecule has 0 aliphatic rings. The number of carbonyl (C=O) groups is 2. The second-order valence-corrected chi connectivity index (χ2v) is 6.11. The summed E-state index contributed by atoms with van der Waals surface area (Å²) in [6.45, 7) is -0.235. The Morgan fingerprint density at radius 2 is 1.81 bits per heavy atom. The molecular formula is C18H17F2NO4S. The lowest BCUT2D eigenvalue weighted by Gasteiger charge is -2.09. The van der Waals surface area contributed by atoms with Crippen LogP contribution in [0.5, 0.6) is 5.75 Å². The van der Waals surface area contributed by atoms with E-state index in [1.165, 1.54) is 18.2 Å². The van der Waals surface area contributed by atoms with Gasteiger partial charge >= 0.3 is 5.97 Å². The highest BCUT2D eigenvalue weighted by Gasteiger charge is 2.17. The third-order valence-electron chi connectivity index (χ3n) is 3.31. The van der Waals surface area contributed by atoms with Crippen LogP contribution in [0.15, 0.2) is 53.4 Å². The third kappa shape index (κ3) is 6.03. The Bertz CT molecular complexity index is 753. The molecule has 0 radical (unpaired) electrons. The van der Waals surface area contributed by atoms with Gasteiger partial charge in [-0.2, -0.15) is 8.78 Å². The van der Waals surface area contributed by atoms with Crippen LogP contribution >= 0.6 is 11.8 Å². The fourth-order valence-electron chi connectivity index (χ4n) is 2.04. The largest absolute Gasteiger partial charge is 0.497 e. The van der Waals surface area contributed by atoms with Crippen molar-refractivity contribution in [3.8, 4) is 5.75 Å². The van der Waals surface area contributed by atoms with Crippen LogP contribution in [-0.2, 0) is 16.1 Å². The average Bonchev–Trinajstić information content (AvgIpc) is 2.64. The molecule has 138 valence electrons. The summed E-state index contributed by atoms with van der Waals surface area (Å²) in [4.78, 5) is 23.9. The van der Waals surface area contributed by atoms with Gasteiger partial charge in [-0.15, -0.1) is 0 Å². The Hall–Kier alpha value is -2.61. The van der Waals surface area contributed by atoms with Crippen LogP contribution in [0, 0.1) is 0 Å². The number of halogens is 2. The number of esters is 1. The van der Waals surface area contributed by atoms with Crippen LogP contribution in [0.4, 0.5) is 8.78 Å². The van der Waals surface area contributed by atoms with Crippen LogP contribution in [0.1, 0.15) is 15.9 Å². The average molecular weight is 381 g/mol. The number of amides is 1. The first-order valence-electron chi connectivity index (χ1n) is 7.60. The van der Waals surface area contributed by atoms with E-state index in [-0.39, 0.29) is 28.8 Å². The van der Waals surface area contributed by atoms with Gasteiger partial charge < -0.3 is 14.8 Å². The molecule has 0 aliphatic heterocycles. The number of alkyl halides is 2. The van der Waals surface area contributed by atoms with E-state index in [0.29, 0.717) is 5.75 Å². The van der Waals surface area contributed by atoms with E-state index in [4.69, 9.17) is 9.47 Å². The molecule has 2 aromatic rings. The van der Waals surface area contributed by atoms with E-state index >= 15 is 0 Å². The van der Waals surface area contributed by atoms with E-state index < -0.39 is 24.2 Å². The lowest BCUT2D eigenvalue weighted by molar-refractivity contribution is -0.124. The summed E-state index contributed by atoms with van der Waals surface area (Å²) in [5, 5.41) is 2.61. The number of benzene rings is 2. The van der Waals surface area contributed by atoms with Crippen LogP contribution in [-0.4, -0.2) is 31.4 Å². The molecule has 0 saturated heterocycles. The second-order valence-electron chi connectivity index (χ2n) is 5.08. The summed E-state index contributed by atoms with van der Waals surface area (Å²) in [5.74, 6) is -3.27. The summed E-state index contributed by atoms with van der Waals surface area (Å²) >= 11 is 0.253. The molecule has 0 heterocycles. The van der Waals surface area contributed by atoms with Crippen molar-refractivity contribution in [3.05, 3.63) is 59.7 Å². The van der Waals surface area contributed by atoms with E-state index in [1.807, 2.05) is 0 Å². The molecule has 26 heavy (non-hydrogen) atoms. The maximum Gasteiger partial charge on any atom is 0.339 e. The fraction of sp³-hybridized carbons (Fsp3) is 0.222. The van der Waals surface area contributed by atoms with Crippen molar-refractivity contribution in [3.63, 3.8) is 0 Å². The first kappa shape index (κ1) is 19.7. The zero-order valence-electron chi connectivity index (χ0n) is 13.9. The second kappa shape index (κ2) is 9.76. The minimum Gasteiger partial charge on any atom is -0.497 e. The molecule has 0 aliphatic carbocycles. The van der Waals surface area contributed by atoms with Gasteiger partial charge in [-0.25, -0.2) is 4.79 Å². The lowest BCUT2D eigenvalue weighted by Crippen LogP contribution is -2.28. The molecule has 2 rings (SSSR count). The molecule has 0 atom stereocenters. The van der Waals surface area contributed by atoms with Crippen molar-refractivity contribution in [1.82, 2.24) is 5.32 Å². The van der Waals surface area contributed by atoms with E-state index in [0.717, 1.165) is 5.56 Å². The van der Waals surface area contributed by atoms with Gasteiger partial charge in [0.2, 0.25) is 0 Å². The van der Waals surface area contributed by atoms with Crippen molar-refractivity contribution in [2.45, 2.75) is 17.2 Å². The molecule has 0 aromatic heterocycles. The number of methoxy groups -OCH3 is 1. The van der Waals surface area contributed by atoms with Crippen molar-refractivity contribution in [2.24, 2.45) is 0 Å². The van der Waals surface area contributed by atoms with Crippen LogP contribution in [0.25, 0.3) is 0 Å². The van der Waals surface area contributed by atoms with Crippen molar-refractivity contribution < 1.29 is 27.8 Å². The molecule has 1 N–H and O–H groups in total.